The van der Waals surface area contributed by atoms with Crippen LogP contribution in [-0.2, 0) is 6.54 Å². The minimum absolute atomic E-state index is 0.0276. The maximum atomic E-state index is 12.0. The van der Waals surface area contributed by atoms with Crippen LogP contribution in [0, 0.1) is 5.92 Å². The quantitative estimate of drug-likeness (QED) is 0.875. The number of hydrogen-bond acceptors (Lipinski definition) is 4. The second-order valence-corrected chi connectivity index (χ2v) is 6.42. The SMILES string of the molecule is CN(CC1CCCCC1)C(=O)NCc1nc(C(=O)O)cs1. The molecule has 7 heteroatoms. The van der Waals surface area contributed by atoms with Gasteiger partial charge in [0.1, 0.15) is 5.01 Å². The van der Waals surface area contributed by atoms with Crippen LogP contribution in [0.2, 0.25) is 0 Å². The molecule has 116 valence electrons. The Kier molecular flexibility index (Phi) is 5.55. The van der Waals surface area contributed by atoms with Crippen LogP contribution in [0.5, 0.6) is 0 Å². The van der Waals surface area contributed by atoms with Crippen molar-refractivity contribution < 1.29 is 14.7 Å². The molecule has 0 aliphatic heterocycles. The second-order valence-electron chi connectivity index (χ2n) is 5.47. The average molecular weight is 311 g/mol. The van der Waals surface area contributed by atoms with Crippen LogP contribution < -0.4 is 5.32 Å². The number of hydrogen-bond donors (Lipinski definition) is 2. The zero-order valence-electron chi connectivity index (χ0n) is 12.2. The number of amides is 2. The third kappa shape index (κ3) is 4.70. The van der Waals surface area contributed by atoms with E-state index >= 15 is 0 Å². The van der Waals surface area contributed by atoms with Gasteiger partial charge in [-0.1, -0.05) is 19.3 Å². The molecule has 1 fully saturated rings. The first-order valence-electron chi connectivity index (χ1n) is 7.23. The van der Waals surface area contributed by atoms with Crippen molar-refractivity contribution >= 4 is 23.3 Å². The molecule has 1 aromatic heterocycles. The van der Waals surface area contributed by atoms with Crippen molar-refractivity contribution in [2.24, 2.45) is 5.92 Å². The molecule has 1 saturated carbocycles. The van der Waals surface area contributed by atoms with Gasteiger partial charge in [0.25, 0.3) is 0 Å². The summed E-state index contributed by atoms with van der Waals surface area (Å²) in [7, 11) is 1.80. The standard InChI is InChI=1S/C14H21N3O3S/c1-17(8-10-5-3-2-4-6-10)14(20)15-7-12-16-11(9-21-12)13(18)19/h9-10H,2-8H2,1H3,(H,15,20)(H,18,19). The lowest BCUT2D eigenvalue weighted by Crippen LogP contribution is -2.39. The van der Waals surface area contributed by atoms with Crippen LogP contribution in [0.4, 0.5) is 4.79 Å². The first-order chi connectivity index (χ1) is 10.1. The van der Waals surface area contributed by atoms with Gasteiger partial charge in [-0.05, 0) is 18.8 Å². The lowest BCUT2D eigenvalue weighted by atomic mass is 9.89. The van der Waals surface area contributed by atoms with E-state index in [1.54, 1.807) is 11.9 Å². The first kappa shape index (κ1) is 15.8. The van der Waals surface area contributed by atoms with Crippen LogP contribution in [0.3, 0.4) is 0 Å². The molecule has 0 spiro atoms. The Morgan fingerprint density at radius 1 is 1.43 bits per heavy atom. The normalized spacial score (nSPS) is 15.7. The number of carbonyl (C=O) groups excluding carboxylic acids is 1. The number of thiazole rings is 1. The molecule has 0 atom stereocenters. The molecule has 1 aliphatic carbocycles. The van der Waals surface area contributed by atoms with Crippen LogP contribution in [0.1, 0.15) is 47.6 Å². The lowest BCUT2D eigenvalue weighted by molar-refractivity contribution is 0.0691. The molecule has 1 heterocycles. The number of carbonyl (C=O) groups is 2. The molecule has 0 radical (unpaired) electrons. The van der Waals surface area contributed by atoms with Gasteiger partial charge in [-0.15, -0.1) is 11.3 Å². The fraction of sp³-hybridized carbons (Fsp3) is 0.643. The maximum absolute atomic E-state index is 12.0. The van der Waals surface area contributed by atoms with E-state index in [1.807, 2.05) is 0 Å². The smallest absolute Gasteiger partial charge is 0.355 e. The third-order valence-electron chi connectivity index (χ3n) is 3.77. The van der Waals surface area contributed by atoms with E-state index in [0.29, 0.717) is 10.9 Å². The van der Waals surface area contributed by atoms with Gasteiger partial charge >= 0.3 is 12.0 Å². The van der Waals surface area contributed by atoms with E-state index in [1.165, 1.54) is 48.8 Å². The minimum Gasteiger partial charge on any atom is -0.476 e. The van der Waals surface area contributed by atoms with E-state index in [-0.39, 0.29) is 18.3 Å². The van der Waals surface area contributed by atoms with Crippen molar-refractivity contribution in [3.63, 3.8) is 0 Å². The zero-order chi connectivity index (χ0) is 15.2. The van der Waals surface area contributed by atoms with Gasteiger partial charge in [-0.25, -0.2) is 14.6 Å². The molecule has 2 rings (SSSR count). The number of urea groups is 1. The summed E-state index contributed by atoms with van der Waals surface area (Å²) in [5, 5.41) is 13.7. The summed E-state index contributed by atoms with van der Waals surface area (Å²) in [6, 6.07) is -0.132. The number of nitrogens with zero attached hydrogens (tertiary/aromatic N) is 2. The van der Waals surface area contributed by atoms with Crippen molar-refractivity contribution in [3.05, 3.63) is 16.1 Å². The molecule has 1 aromatic rings. The predicted molar refractivity (Wildman–Crippen MR) is 80.5 cm³/mol. The average Bonchev–Trinajstić information content (AvgIpc) is 2.95. The second kappa shape index (κ2) is 7.40. The van der Waals surface area contributed by atoms with Gasteiger partial charge in [0.2, 0.25) is 0 Å². The highest BCUT2D eigenvalue weighted by molar-refractivity contribution is 7.09. The van der Waals surface area contributed by atoms with E-state index in [0.717, 1.165) is 6.54 Å². The molecular formula is C14H21N3O3S. The van der Waals surface area contributed by atoms with Gasteiger partial charge < -0.3 is 15.3 Å². The number of nitrogens with one attached hydrogen (secondary N) is 1. The Morgan fingerprint density at radius 3 is 2.76 bits per heavy atom. The Labute approximate surface area is 128 Å². The maximum Gasteiger partial charge on any atom is 0.355 e. The van der Waals surface area contributed by atoms with Crippen LogP contribution >= 0.6 is 11.3 Å². The van der Waals surface area contributed by atoms with Gasteiger partial charge in [0, 0.05) is 19.0 Å². The topological polar surface area (TPSA) is 82.5 Å². The molecule has 1 aliphatic rings. The number of aromatic nitrogens is 1. The molecular weight excluding hydrogens is 290 g/mol. The van der Waals surface area contributed by atoms with Gasteiger partial charge in [0.15, 0.2) is 5.69 Å². The molecule has 0 unspecified atom stereocenters. The molecule has 2 N–H and O–H groups in total. The van der Waals surface area contributed by atoms with E-state index in [9.17, 15) is 9.59 Å². The van der Waals surface area contributed by atoms with E-state index in [4.69, 9.17) is 5.11 Å². The molecule has 0 saturated heterocycles. The summed E-state index contributed by atoms with van der Waals surface area (Å²) in [5.74, 6) is -0.439. The largest absolute Gasteiger partial charge is 0.476 e. The number of carboxylic acids is 1. The van der Waals surface area contributed by atoms with Crippen LogP contribution in [0.25, 0.3) is 0 Å². The summed E-state index contributed by atoms with van der Waals surface area (Å²) in [6.07, 6.45) is 6.23. The highest BCUT2D eigenvalue weighted by Gasteiger charge is 2.18. The Bertz CT molecular complexity index is 497. The number of rotatable bonds is 5. The van der Waals surface area contributed by atoms with Crippen LogP contribution in [0.15, 0.2) is 5.38 Å². The Balaban J connectivity index is 1.76. The molecule has 0 aromatic carbocycles. The molecule has 2 amide bonds. The fourth-order valence-corrected chi connectivity index (χ4v) is 3.32. The predicted octanol–water partition coefficient (Wildman–Crippen LogP) is 2.56. The monoisotopic (exact) mass is 311 g/mol. The first-order valence-corrected chi connectivity index (χ1v) is 8.11. The molecule has 6 nitrogen and oxygen atoms in total. The summed E-state index contributed by atoms with van der Waals surface area (Å²) in [6.45, 7) is 1.05. The fourth-order valence-electron chi connectivity index (χ4n) is 2.62. The zero-order valence-corrected chi connectivity index (χ0v) is 13.0. The molecule has 0 bridgehead atoms. The highest BCUT2D eigenvalue weighted by Crippen LogP contribution is 2.24. The van der Waals surface area contributed by atoms with Crippen molar-refractivity contribution in [3.8, 4) is 0 Å². The van der Waals surface area contributed by atoms with Gasteiger partial charge in [-0.2, -0.15) is 0 Å². The number of aromatic carboxylic acids is 1. The van der Waals surface area contributed by atoms with Gasteiger partial charge in [0.05, 0.1) is 6.54 Å². The van der Waals surface area contributed by atoms with E-state index < -0.39 is 5.97 Å². The lowest BCUT2D eigenvalue weighted by Gasteiger charge is -2.27. The third-order valence-corrected chi connectivity index (χ3v) is 4.61. The number of carboxylic acid groups (broad SMARTS) is 1. The Hall–Kier alpha value is -1.63. The van der Waals surface area contributed by atoms with E-state index in [2.05, 4.69) is 10.3 Å². The van der Waals surface area contributed by atoms with Crippen LogP contribution in [-0.4, -0.2) is 40.6 Å². The summed E-state index contributed by atoms with van der Waals surface area (Å²) in [4.78, 5) is 28.4. The van der Waals surface area contributed by atoms with Crippen molar-refractivity contribution in [2.45, 2.75) is 38.6 Å². The molecule has 21 heavy (non-hydrogen) atoms. The Morgan fingerprint density at radius 2 is 2.14 bits per heavy atom. The van der Waals surface area contributed by atoms with Gasteiger partial charge in [-0.3, -0.25) is 0 Å². The van der Waals surface area contributed by atoms with Crippen molar-refractivity contribution in [1.29, 1.82) is 0 Å². The minimum atomic E-state index is -1.04. The summed E-state index contributed by atoms with van der Waals surface area (Å²) in [5.41, 5.74) is 0.0276. The summed E-state index contributed by atoms with van der Waals surface area (Å²) >= 11 is 1.24. The van der Waals surface area contributed by atoms with Crippen molar-refractivity contribution in [1.82, 2.24) is 15.2 Å². The summed E-state index contributed by atoms with van der Waals surface area (Å²) < 4.78 is 0. The highest BCUT2D eigenvalue weighted by atomic mass is 32.1. The van der Waals surface area contributed by atoms with Crippen molar-refractivity contribution in [2.75, 3.05) is 13.6 Å².